The van der Waals surface area contributed by atoms with Gasteiger partial charge >= 0.3 is 0 Å². The number of Topliss-reactive ketones (excluding diaryl/α,β-unsaturated/α-hetero) is 1. The molecule has 3 heteroatoms. The van der Waals surface area contributed by atoms with Crippen molar-refractivity contribution in [3.63, 3.8) is 0 Å². The molecule has 0 aliphatic heterocycles. The van der Waals surface area contributed by atoms with Crippen LogP contribution in [-0.2, 0) is 4.79 Å². The summed E-state index contributed by atoms with van der Waals surface area (Å²) < 4.78 is 5.24. The maximum absolute atomic E-state index is 13.0. The number of ketones is 1. The van der Waals surface area contributed by atoms with Crippen LogP contribution in [0.15, 0.2) is 24.3 Å². The van der Waals surface area contributed by atoms with Crippen LogP contribution in [0, 0.1) is 5.92 Å². The van der Waals surface area contributed by atoms with Crippen molar-refractivity contribution in [1.29, 1.82) is 0 Å². The Morgan fingerprint density at radius 3 is 2.35 bits per heavy atom. The molecule has 1 aromatic rings. The fraction of sp³-hybridized carbons (Fsp3) is 0.696. The van der Waals surface area contributed by atoms with Crippen LogP contribution < -0.4 is 10.1 Å². The van der Waals surface area contributed by atoms with Crippen LogP contribution in [0.1, 0.15) is 84.0 Å². The van der Waals surface area contributed by atoms with Crippen molar-refractivity contribution < 1.29 is 9.53 Å². The molecule has 1 N–H and O–H groups in total. The van der Waals surface area contributed by atoms with E-state index in [1.807, 2.05) is 24.3 Å². The standard InChI is InChI=1S/C23H37NO2/c1-3-4-5-6-7-11-14-22(25)23(19-12-9-8-10-13-19)24-20-15-17-21(26-2)18-16-20/h15-19,23-24H,3-14H2,1-2H3. The van der Waals surface area contributed by atoms with E-state index in [9.17, 15) is 4.79 Å². The lowest BCUT2D eigenvalue weighted by Crippen LogP contribution is -2.38. The molecule has 1 saturated carbocycles. The van der Waals surface area contributed by atoms with Gasteiger partial charge in [-0.2, -0.15) is 0 Å². The summed E-state index contributed by atoms with van der Waals surface area (Å²) >= 11 is 0. The first-order chi connectivity index (χ1) is 12.7. The molecule has 0 heterocycles. The maximum Gasteiger partial charge on any atom is 0.155 e. The molecule has 146 valence electrons. The first-order valence-corrected chi connectivity index (χ1v) is 10.7. The van der Waals surface area contributed by atoms with Crippen molar-refractivity contribution >= 4 is 11.5 Å². The van der Waals surface area contributed by atoms with Gasteiger partial charge in [0.1, 0.15) is 5.75 Å². The van der Waals surface area contributed by atoms with Crippen LogP contribution in [0.4, 0.5) is 5.69 Å². The number of ether oxygens (including phenoxy) is 1. The van der Waals surface area contributed by atoms with Gasteiger partial charge in [0.2, 0.25) is 0 Å². The van der Waals surface area contributed by atoms with Crippen molar-refractivity contribution in [3.8, 4) is 5.75 Å². The van der Waals surface area contributed by atoms with E-state index in [0.29, 0.717) is 11.7 Å². The minimum Gasteiger partial charge on any atom is -0.497 e. The van der Waals surface area contributed by atoms with Gasteiger partial charge < -0.3 is 10.1 Å². The highest BCUT2D eigenvalue weighted by Crippen LogP contribution is 2.30. The maximum atomic E-state index is 13.0. The number of methoxy groups -OCH3 is 1. The molecule has 2 rings (SSSR count). The van der Waals surface area contributed by atoms with Crippen LogP contribution in [-0.4, -0.2) is 18.9 Å². The molecule has 0 bridgehead atoms. The topological polar surface area (TPSA) is 38.3 Å². The van der Waals surface area contributed by atoms with Crippen molar-refractivity contribution in [2.45, 2.75) is 90.0 Å². The van der Waals surface area contributed by atoms with E-state index < -0.39 is 0 Å². The number of benzene rings is 1. The van der Waals surface area contributed by atoms with Gasteiger partial charge in [0, 0.05) is 12.1 Å². The number of hydrogen-bond acceptors (Lipinski definition) is 3. The van der Waals surface area contributed by atoms with Crippen molar-refractivity contribution in [1.82, 2.24) is 0 Å². The summed E-state index contributed by atoms with van der Waals surface area (Å²) in [7, 11) is 1.68. The summed E-state index contributed by atoms with van der Waals surface area (Å²) in [5.74, 6) is 1.74. The van der Waals surface area contributed by atoms with E-state index in [0.717, 1.165) is 24.3 Å². The fourth-order valence-corrected chi connectivity index (χ4v) is 4.03. The van der Waals surface area contributed by atoms with Gasteiger partial charge in [-0.05, 0) is 49.4 Å². The molecule has 3 nitrogen and oxygen atoms in total. The van der Waals surface area contributed by atoms with Crippen LogP contribution >= 0.6 is 0 Å². The molecule has 0 radical (unpaired) electrons. The van der Waals surface area contributed by atoms with Gasteiger partial charge in [-0.3, -0.25) is 4.79 Å². The third-order valence-corrected chi connectivity index (χ3v) is 5.66. The number of nitrogens with one attached hydrogen (secondary N) is 1. The summed E-state index contributed by atoms with van der Waals surface area (Å²) in [5, 5.41) is 3.56. The fourth-order valence-electron chi connectivity index (χ4n) is 4.03. The number of rotatable bonds is 12. The SMILES string of the molecule is CCCCCCCCC(=O)C(Nc1ccc(OC)cc1)C1CCCCC1. The third kappa shape index (κ3) is 7.01. The zero-order chi connectivity index (χ0) is 18.6. The highest BCUT2D eigenvalue weighted by Gasteiger charge is 2.28. The van der Waals surface area contributed by atoms with Crippen LogP contribution in [0.25, 0.3) is 0 Å². The van der Waals surface area contributed by atoms with E-state index in [2.05, 4.69) is 12.2 Å². The summed E-state index contributed by atoms with van der Waals surface area (Å²) in [6.45, 7) is 2.24. The number of hydrogen-bond donors (Lipinski definition) is 1. The normalized spacial score (nSPS) is 16.2. The number of carbonyl (C=O) groups excluding carboxylic acids is 1. The molecule has 0 spiro atoms. The van der Waals surface area contributed by atoms with E-state index in [4.69, 9.17) is 4.74 Å². The summed E-state index contributed by atoms with van der Waals surface area (Å²) in [6, 6.07) is 7.93. The van der Waals surface area contributed by atoms with Gasteiger partial charge in [0.25, 0.3) is 0 Å². The lowest BCUT2D eigenvalue weighted by Gasteiger charge is -2.31. The smallest absolute Gasteiger partial charge is 0.155 e. The molecule has 1 atom stereocenters. The lowest BCUT2D eigenvalue weighted by atomic mass is 9.81. The third-order valence-electron chi connectivity index (χ3n) is 5.66. The van der Waals surface area contributed by atoms with Crippen molar-refractivity contribution in [2.75, 3.05) is 12.4 Å². The minimum absolute atomic E-state index is 0.0284. The second kappa shape index (κ2) is 12.0. The van der Waals surface area contributed by atoms with Crippen LogP contribution in [0.2, 0.25) is 0 Å². The molecule has 0 aromatic heterocycles. The molecule has 1 aliphatic carbocycles. The van der Waals surface area contributed by atoms with Crippen LogP contribution in [0.5, 0.6) is 5.75 Å². The predicted octanol–water partition coefficient (Wildman–Crippen LogP) is 6.38. The minimum atomic E-state index is -0.0284. The van der Waals surface area contributed by atoms with Crippen molar-refractivity contribution in [2.24, 2.45) is 5.92 Å². The Morgan fingerprint density at radius 2 is 1.69 bits per heavy atom. The van der Waals surface area contributed by atoms with E-state index in [1.54, 1.807) is 7.11 Å². The molecule has 0 amide bonds. The Bertz CT molecular complexity index is 505. The van der Waals surface area contributed by atoms with Gasteiger partial charge in [-0.1, -0.05) is 58.3 Å². The summed E-state index contributed by atoms with van der Waals surface area (Å²) in [6.07, 6.45) is 14.3. The molecule has 0 saturated heterocycles. The van der Waals surface area contributed by atoms with Gasteiger partial charge in [0.05, 0.1) is 13.2 Å². The Morgan fingerprint density at radius 1 is 1.04 bits per heavy atom. The van der Waals surface area contributed by atoms with Crippen molar-refractivity contribution in [3.05, 3.63) is 24.3 Å². The molecular formula is C23H37NO2. The number of unbranched alkanes of at least 4 members (excludes halogenated alkanes) is 5. The Labute approximate surface area is 159 Å². The van der Waals surface area contributed by atoms with Crippen LogP contribution in [0.3, 0.4) is 0 Å². The number of carbonyl (C=O) groups is 1. The Kier molecular flexibility index (Phi) is 9.58. The molecule has 1 aliphatic rings. The lowest BCUT2D eigenvalue weighted by molar-refractivity contribution is -0.121. The highest BCUT2D eigenvalue weighted by atomic mass is 16.5. The second-order valence-corrected chi connectivity index (χ2v) is 7.73. The Balaban J connectivity index is 1.90. The molecular weight excluding hydrogens is 322 g/mol. The average molecular weight is 360 g/mol. The summed E-state index contributed by atoms with van der Waals surface area (Å²) in [5.41, 5.74) is 1.03. The van der Waals surface area contributed by atoms with Gasteiger partial charge in [-0.15, -0.1) is 0 Å². The monoisotopic (exact) mass is 359 g/mol. The summed E-state index contributed by atoms with van der Waals surface area (Å²) in [4.78, 5) is 13.0. The van der Waals surface area contributed by atoms with Gasteiger partial charge in [0.15, 0.2) is 5.78 Å². The van der Waals surface area contributed by atoms with E-state index in [1.165, 1.54) is 64.2 Å². The quantitative estimate of drug-likeness (QED) is 0.440. The largest absolute Gasteiger partial charge is 0.497 e. The molecule has 1 fully saturated rings. The zero-order valence-corrected chi connectivity index (χ0v) is 16.8. The number of anilines is 1. The first kappa shape index (κ1) is 20.8. The molecule has 1 unspecified atom stereocenters. The van der Waals surface area contributed by atoms with Gasteiger partial charge in [-0.25, -0.2) is 0 Å². The zero-order valence-electron chi connectivity index (χ0n) is 16.8. The van der Waals surface area contributed by atoms with E-state index >= 15 is 0 Å². The highest BCUT2D eigenvalue weighted by molar-refractivity contribution is 5.87. The van der Waals surface area contributed by atoms with E-state index in [-0.39, 0.29) is 6.04 Å². The molecule has 26 heavy (non-hydrogen) atoms. The predicted molar refractivity (Wildman–Crippen MR) is 110 cm³/mol. The molecule has 1 aromatic carbocycles. The average Bonchev–Trinajstić information content (AvgIpc) is 2.69. The first-order valence-electron chi connectivity index (χ1n) is 10.7. The second-order valence-electron chi connectivity index (χ2n) is 7.73. The Hall–Kier alpha value is -1.51.